The minimum absolute atomic E-state index is 0.0362. The lowest BCUT2D eigenvalue weighted by Crippen LogP contribution is -2.55. The van der Waals surface area contributed by atoms with Crippen molar-refractivity contribution >= 4 is 0 Å². The van der Waals surface area contributed by atoms with Crippen LogP contribution in [0.2, 0.25) is 0 Å². The molecule has 4 saturated carbocycles. The van der Waals surface area contributed by atoms with Crippen LogP contribution < -0.4 is 0 Å². The van der Waals surface area contributed by atoms with Crippen molar-refractivity contribution in [3.05, 3.63) is 0 Å². The molecule has 0 aromatic heterocycles. The van der Waals surface area contributed by atoms with E-state index in [2.05, 4.69) is 20.8 Å². The van der Waals surface area contributed by atoms with Gasteiger partial charge in [-0.05, 0) is 99.2 Å². The van der Waals surface area contributed by atoms with Gasteiger partial charge in [0.1, 0.15) is 0 Å². The van der Waals surface area contributed by atoms with Gasteiger partial charge in [0.25, 0.3) is 0 Å². The summed E-state index contributed by atoms with van der Waals surface area (Å²) in [4.78, 5) is 0. The molecule has 1 aliphatic heterocycles. The van der Waals surface area contributed by atoms with Crippen molar-refractivity contribution in [3.8, 4) is 0 Å². The van der Waals surface area contributed by atoms with Crippen LogP contribution in [0.5, 0.6) is 0 Å². The zero-order valence-corrected chi connectivity index (χ0v) is 17.0. The van der Waals surface area contributed by atoms with Gasteiger partial charge in [0, 0.05) is 5.92 Å². The second-order valence-corrected chi connectivity index (χ2v) is 11.0. The Bertz CT molecular complexity index is 556. The van der Waals surface area contributed by atoms with Crippen LogP contribution in [0.4, 0.5) is 0 Å². The second-order valence-electron chi connectivity index (χ2n) is 11.0. The van der Waals surface area contributed by atoms with E-state index in [4.69, 9.17) is 9.47 Å². The van der Waals surface area contributed by atoms with Crippen LogP contribution in [0.1, 0.15) is 78.6 Å². The molecule has 5 rings (SSSR count). The highest BCUT2D eigenvalue weighted by Gasteiger charge is 2.63. The van der Waals surface area contributed by atoms with Crippen molar-refractivity contribution in [2.24, 2.45) is 40.4 Å². The molecule has 1 N–H and O–H groups in total. The molecule has 26 heavy (non-hydrogen) atoms. The maximum atomic E-state index is 10.2. The fraction of sp³-hybridized carbons (Fsp3) is 1.00. The Kier molecular flexibility index (Phi) is 4.10. The smallest absolute Gasteiger partial charge is 0.169 e. The summed E-state index contributed by atoms with van der Waals surface area (Å²) in [6.07, 6.45) is 11.4. The van der Waals surface area contributed by atoms with Crippen LogP contribution in [0.3, 0.4) is 0 Å². The van der Waals surface area contributed by atoms with Crippen LogP contribution in [0.15, 0.2) is 0 Å². The fourth-order valence-corrected chi connectivity index (χ4v) is 8.83. The molecule has 0 aromatic rings. The number of aliphatic hydroxyl groups excluding tert-OH is 1. The van der Waals surface area contributed by atoms with E-state index < -0.39 is 0 Å². The van der Waals surface area contributed by atoms with Crippen molar-refractivity contribution in [1.29, 1.82) is 0 Å². The van der Waals surface area contributed by atoms with E-state index in [9.17, 15) is 5.11 Å². The summed E-state index contributed by atoms with van der Waals surface area (Å²) < 4.78 is 12.3. The number of rotatable bonds is 1. The highest BCUT2D eigenvalue weighted by Crippen LogP contribution is 2.69. The molecule has 3 nitrogen and oxygen atoms in total. The molecule has 8 atom stereocenters. The van der Waals surface area contributed by atoms with E-state index in [-0.39, 0.29) is 11.9 Å². The molecule has 0 spiro atoms. The predicted octanol–water partition coefficient (Wildman–Crippen LogP) is 4.77. The summed E-state index contributed by atoms with van der Waals surface area (Å²) >= 11 is 0. The Morgan fingerprint density at radius 2 is 1.46 bits per heavy atom. The molecule has 0 bridgehead atoms. The molecule has 0 unspecified atom stereocenters. The molecular weight excluding hydrogens is 324 g/mol. The first-order chi connectivity index (χ1) is 12.4. The predicted molar refractivity (Wildman–Crippen MR) is 102 cm³/mol. The average molecular weight is 363 g/mol. The zero-order valence-electron chi connectivity index (χ0n) is 17.0. The van der Waals surface area contributed by atoms with Gasteiger partial charge in [-0.15, -0.1) is 0 Å². The summed E-state index contributed by atoms with van der Waals surface area (Å²) in [5.41, 5.74) is 0.865. The highest BCUT2D eigenvalue weighted by atomic mass is 16.7. The zero-order chi connectivity index (χ0) is 18.2. The summed E-state index contributed by atoms with van der Waals surface area (Å²) in [6.45, 7) is 8.90. The van der Waals surface area contributed by atoms with Crippen molar-refractivity contribution in [2.45, 2.75) is 90.4 Å². The van der Waals surface area contributed by atoms with Gasteiger partial charge in [0.2, 0.25) is 0 Å². The standard InChI is InChI=1S/C23H38O3/c1-21-10-8-16(24)14-15(21)4-5-17-18-6-7-20(23(3)25-12-13-26-23)22(18,2)11-9-19(17)21/h15-20,24H,4-14H2,1-3H3/t15-,16-,17-,18+,19-,20-,21+,22+/m0/s1. The molecule has 1 saturated heterocycles. The summed E-state index contributed by atoms with van der Waals surface area (Å²) in [5, 5.41) is 10.2. The van der Waals surface area contributed by atoms with Gasteiger partial charge in [0.15, 0.2) is 5.79 Å². The average Bonchev–Trinajstić information content (AvgIpc) is 3.19. The van der Waals surface area contributed by atoms with Gasteiger partial charge in [-0.2, -0.15) is 0 Å². The largest absolute Gasteiger partial charge is 0.393 e. The Balaban J connectivity index is 1.41. The fourth-order valence-electron chi connectivity index (χ4n) is 8.83. The Morgan fingerprint density at radius 3 is 2.23 bits per heavy atom. The van der Waals surface area contributed by atoms with Gasteiger partial charge in [-0.3, -0.25) is 0 Å². The lowest BCUT2D eigenvalue weighted by molar-refractivity contribution is -0.218. The number of hydrogen-bond donors (Lipinski definition) is 1. The van der Waals surface area contributed by atoms with Crippen LogP contribution in [0, 0.1) is 40.4 Å². The molecule has 148 valence electrons. The topological polar surface area (TPSA) is 38.7 Å². The van der Waals surface area contributed by atoms with Crippen LogP contribution in [0.25, 0.3) is 0 Å². The molecule has 5 aliphatic rings. The maximum Gasteiger partial charge on any atom is 0.169 e. The molecule has 0 aromatic carbocycles. The van der Waals surface area contributed by atoms with Gasteiger partial charge >= 0.3 is 0 Å². The third kappa shape index (κ3) is 2.35. The molecule has 5 fully saturated rings. The molecule has 1 heterocycles. The first-order valence-electron chi connectivity index (χ1n) is 11.3. The Morgan fingerprint density at radius 1 is 0.769 bits per heavy atom. The van der Waals surface area contributed by atoms with Crippen molar-refractivity contribution in [2.75, 3.05) is 13.2 Å². The molecule has 3 heteroatoms. The lowest BCUT2D eigenvalue weighted by atomic mass is 9.44. The van der Waals surface area contributed by atoms with Gasteiger partial charge in [0.05, 0.1) is 19.3 Å². The first-order valence-corrected chi connectivity index (χ1v) is 11.3. The number of fused-ring (bicyclic) bond motifs is 5. The lowest BCUT2D eigenvalue weighted by Gasteiger charge is -2.61. The normalized spacial score (nSPS) is 55.8. The minimum atomic E-state index is -0.341. The monoisotopic (exact) mass is 362 g/mol. The van der Waals surface area contributed by atoms with E-state index in [0.29, 0.717) is 16.7 Å². The minimum Gasteiger partial charge on any atom is -0.393 e. The van der Waals surface area contributed by atoms with Crippen molar-refractivity contribution < 1.29 is 14.6 Å². The molecule has 0 amide bonds. The van der Waals surface area contributed by atoms with E-state index in [1.54, 1.807) is 0 Å². The van der Waals surface area contributed by atoms with E-state index in [1.807, 2.05) is 0 Å². The quantitative estimate of drug-likeness (QED) is 0.730. The van der Waals surface area contributed by atoms with Gasteiger partial charge in [-0.25, -0.2) is 0 Å². The van der Waals surface area contributed by atoms with E-state index in [1.165, 1.54) is 44.9 Å². The van der Waals surface area contributed by atoms with Gasteiger partial charge < -0.3 is 14.6 Å². The van der Waals surface area contributed by atoms with Crippen LogP contribution in [-0.2, 0) is 9.47 Å². The van der Waals surface area contributed by atoms with E-state index >= 15 is 0 Å². The molecular formula is C23H38O3. The summed E-state index contributed by atoms with van der Waals surface area (Å²) in [5.74, 6) is 3.59. The number of ether oxygens (including phenoxy) is 2. The summed E-state index contributed by atoms with van der Waals surface area (Å²) in [6, 6.07) is 0. The van der Waals surface area contributed by atoms with Gasteiger partial charge in [-0.1, -0.05) is 13.8 Å². The Labute approximate surface area is 159 Å². The molecule has 0 radical (unpaired) electrons. The summed E-state index contributed by atoms with van der Waals surface area (Å²) in [7, 11) is 0. The highest BCUT2D eigenvalue weighted by molar-refractivity contribution is 5.11. The molecule has 4 aliphatic carbocycles. The third-order valence-corrected chi connectivity index (χ3v) is 10.1. The van der Waals surface area contributed by atoms with Crippen molar-refractivity contribution in [1.82, 2.24) is 0 Å². The SMILES string of the molecule is CC1([C@H]2CC[C@@H]3[C@@H]4CC[C@H]5C[C@@H](O)CC[C@@]5(C)[C@H]4CC[C@]32C)OCCO1. The number of hydrogen-bond acceptors (Lipinski definition) is 3. The van der Waals surface area contributed by atoms with Crippen LogP contribution in [-0.4, -0.2) is 30.2 Å². The number of aliphatic hydroxyl groups is 1. The first kappa shape index (κ1) is 17.9. The van der Waals surface area contributed by atoms with E-state index in [0.717, 1.165) is 49.7 Å². The second kappa shape index (κ2) is 5.94. The maximum absolute atomic E-state index is 10.2. The van der Waals surface area contributed by atoms with Crippen molar-refractivity contribution in [3.63, 3.8) is 0 Å². The Hall–Kier alpha value is -0.120. The third-order valence-electron chi connectivity index (χ3n) is 10.1. The van der Waals surface area contributed by atoms with Crippen LogP contribution >= 0.6 is 0 Å².